The highest BCUT2D eigenvalue weighted by Crippen LogP contribution is 2.23. The molecular formula is C16H16BrNO. The van der Waals surface area contributed by atoms with Crippen LogP contribution >= 0.6 is 15.9 Å². The zero-order chi connectivity index (χ0) is 13.1. The van der Waals surface area contributed by atoms with Crippen molar-refractivity contribution < 1.29 is 4.74 Å². The lowest BCUT2D eigenvalue weighted by molar-refractivity contribution is 0.219. The molecule has 0 atom stereocenters. The largest absolute Gasteiger partial charge is 0.492 e. The summed E-state index contributed by atoms with van der Waals surface area (Å²) >= 11 is 3.52. The van der Waals surface area contributed by atoms with Crippen LogP contribution in [0.2, 0.25) is 0 Å². The first-order valence-electron chi connectivity index (χ1n) is 6.49. The molecule has 2 aromatic carbocycles. The highest BCUT2D eigenvalue weighted by atomic mass is 79.9. The number of rotatable bonds is 2. The van der Waals surface area contributed by atoms with Crippen LogP contribution in [-0.4, -0.2) is 18.1 Å². The van der Waals surface area contributed by atoms with E-state index in [1.54, 1.807) is 0 Å². The van der Waals surface area contributed by atoms with E-state index in [9.17, 15) is 0 Å². The maximum Gasteiger partial charge on any atom is 0.123 e. The molecule has 0 saturated carbocycles. The van der Waals surface area contributed by atoms with E-state index in [0.717, 1.165) is 36.5 Å². The normalized spacial score (nSPS) is 15.4. The zero-order valence-electron chi connectivity index (χ0n) is 10.7. The summed E-state index contributed by atoms with van der Waals surface area (Å²) in [5.74, 6) is 1.03. The standard InChI is InChI=1S/C16H16BrNO/c17-15-6-3-4-13(10-15)11-18-8-9-19-16-7-2-1-5-14(16)12-18/h1-7,10H,8-9,11-12H2. The molecule has 0 bridgehead atoms. The van der Waals surface area contributed by atoms with Crippen molar-refractivity contribution >= 4 is 15.9 Å². The molecule has 3 rings (SSSR count). The second kappa shape index (κ2) is 5.76. The average molecular weight is 318 g/mol. The molecule has 0 aliphatic carbocycles. The molecule has 1 heterocycles. The van der Waals surface area contributed by atoms with Crippen LogP contribution in [0.3, 0.4) is 0 Å². The molecule has 1 aliphatic heterocycles. The van der Waals surface area contributed by atoms with Gasteiger partial charge in [-0.2, -0.15) is 0 Å². The maximum absolute atomic E-state index is 5.79. The predicted octanol–water partition coefficient (Wildman–Crippen LogP) is 3.84. The lowest BCUT2D eigenvalue weighted by Gasteiger charge is -2.19. The minimum Gasteiger partial charge on any atom is -0.492 e. The van der Waals surface area contributed by atoms with Gasteiger partial charge in [0.1, 0.15) is 12.4 Å². The number of para-hydroxylation sites is 1. The van der Waals surface area contributed by atoms with Gasteiger partial charge in [0, 0.05) is 29.7 Å². The fraction of sp³-hybridized carbons (Fsp3) is 0.250. The number of fused-ring (bicyclic) bond motifs is 1. The minimum atomic E-state index is 0.755. The molecule has 0 spiro atoms. The summed E-state index contributed by atoms with van der Waals surface area (Å²) in [6.07, 6.45) is 0. The van der Waals surface area contributed by atoms with Crippen molar-refractivity contribution in [2.24, 2.45) is 0 Å². The maximum atomic E-state index is 5.79. The van der Waals surface area contributed by atoms with Crippen molar-refractivity contribution in [1.29, 1.82) is 0 Å². The smallest absolute Gasteiger partial charge is 0.123 e. The van der Waals surface area contributed by atoms with Crippen LogP contribution in [0.1, 0.15) is 11.1 Å². The first-order chi connectivity index (χ1) is 9.31. The average Bonchev–Trinajstić information content (AvgIpc) is 2.60. The topological polar surface area (TPSA) is 12.5 Å². The number of ether oxygens (including phenoxy) is 1. The van der Waals surface area contributed by atoms with Gasteiger partial charge in [-0.3, -0.25) is 4.90 Å². The Morgan fingerprint density at radius 2 is 2.00 bits per heavy atom. The molecule has 19 heavy (non-hydrogen) atoms. The molecule has 0 N–H and O–H groups in total. The van der Waals surface area contributed by atoms with E-state index in [4.69, 9.17) is 4.74 Å². The van der Waals surface area contributed by atoms with E-state index in [1.165, 1.54) is 11.1 Å². The van der Waals surface area contributed by atoms with Gasteiger partial charge < -0.3 is 4.74 Å². The predicted molar refractivity (Wildman–Crippen MR) is 80.2 cm³/mol. The molecule has 0 radical (unpaired) electrons. The summed E-state index contributed by atoms with van der Waals surface area (Å²) < 4.78 is 6.92. The Kier molecular flexibility index (Phi) is 3.85. The molecule has 0 amide bonds. The van der Waals surface area contributed by atoms with Gasteiger partial charge in [0.2, 0.25) is 0 Å². The van der Waals surface area contributed by atoms with Gasteiger partial charge in [0.05, 0.1) is 0 Å². The Labute approximate surface area is 122 Å². The van der Waals surface area contributed by atoms with Gasteiger partial charge >= 0.3 is 0 Å². The van der Waals surface area contributed by atoms with Crippen LogP contribution in [0.25, 0.3) is 0 Å². The number of hydrogen-bond acceptors (Lipinski definition) is 2. The highest BCUT2D eigenvalue weighted by Gasteiger charge is 2.14. The molecular weight excluding hydrogens is 302 g/mol. The quantitative estimate of drug-likeness (QED) is 0.834. The molecule has 0 fully saturated rings. The van der Waals surface area contributed by atoms with E-state index in [1.807, 2.05) is 6.07 Å². The number of benzene rings is 2. The molecule has 0 unspecified atom stereocenters. The van der Waals surface area contributed by atoms with Gasteiger partial charge in [-0.25, -0.2) is 0 Å². The van der Waals surface area contributed by atoms with Gasteiger partial charge in [0.15, 0.2) is 0 Å². The van der Waals surface area contributed by atoms with Crippen molar-refractivity contribution in [2.45, 2.75) is 13.1 Å². The summed E-state index contributed by atoms with van der Waals surface area (Å²) in [7, 11) is 0. The van der Waals surface area contributed by atoms with Crippen molar-refractivity contribution in [3.05, 3.63) is 64.1 Å². The summed E-state index contributed by atoms with van der Waals surface area (Å²) in [6, 6.07) is 16.8. The molecule has 1 aliphatic rings. The Morgan fingerprint density at radius 3 is 2.89 bits per heavy atom. The Bertz CT molecular complexity index is 570. The van der Waals surface area contributed by atoms with Crippen molar-refractivity contribution in [3.63, 3.8) is 0 Å². The highest BCUT2D eigenvalue weighted by molar-refractivity contribution is 9.10. The fourth-order valence-electron chi connectivity index (χ4n) is 2.41. The van der Waals surface area contributed by atoms with E-state index in [0.29, 0.717) is 0 Å². The number of halogens is 1. The second-order valence-corrected chi connectivity index (χ2v) is 5.71. The van der Waals surface area contributed by atoms with Crippen LogP contribution in [-0.2, 0) is 13.1 Å². The third kappa shape index (κ3) is 3.17. The van der Waals surface area contributed by atoms with Crippen LogP contribution < -0.4 is 4.74 Å². The molecule has 2 aromatic rings. The first kappa shape index (κ1) is 12.7. The first-order valence-corrected chi connectivity index (χ1v) is 7.28. The summed E-state index contributed by atoms with van der Waals surface area (Å²) in [5.41, 5.74) is 2.60. The molecule has 98 valence electrons. The molecule has 2 nitrogen and oxygen atoms in total. The van der Waals surface area contributed by atoms with Crippen LogP contribution in [0.4, 0.5) is 0 Å². The molecule has 0 saturated heterocycles. The van der Waals surface area contributed by atoms with Gasteiger partial charge in [-0.05, 0) is 23.8 Å². The Hall–Kier alpha value is -1.32. The van der Waals surface area contributed by atoms with Crippen molar-refractivity contribution in [1.82, 2.24) is 4.90 Å². The monoisotopic (exact) mass is 317 g/mol. The zero-order valence-corrected chi connectivity index (χ0v) is 12.3. The molecule has 3 heteroatoms. The van der Waals surface area contributed by atoms with E-state index in [2.05, 4.69) is 63.3 Å². The van der Waals surface area contributed by atoms with Crippen LogP contribution in [0.15, 0.2) is 53.0 Å². The van der Waals surface area contributed by atoms with Crippen LogP contribution in [0, 0.1) is 0 Å². The van der Waals surface area contributed by atoms with Gasteiger partial charge in [-0.1, -0.05) is 46.3 Å². The third-order valence-electron chi connectivity index (χ3n) is 3.33. The third-order valence-corrected chi connectivity index (χ3v) is 3.82. The van der Waals surface area contributed by atoms with Crippen molar-refractivity contribution in [2.75, 3.05) is 13.2 Å². The number of hydrogen-bond donors (Lipinski definition) is 0. The Balaban J connectivity index is 1.76. The van der Waals surface area contributed by atoms with Crippen molar-refractivity contribution in [3.8, 4) is 5.75 Å². The Morgan fingerprint density at radius 1 is 1.11 bits per heavy atom. The second-order valence-electron chi connectivity index (χ2n) is 4.80. The summed E-state index contributed by atoms with van der Waals surface area (Å²) in [4.78, 5) is 2.42. The summed E-state index contributed by atoms with van der Waals surface area (Å²) in [6.45, 7) is 3.62. The lowest BCUT2D eigenvalue weighted by Crippen LogP contribution is -2.25. The summed E-state index contributed by atoms with van der Waals surface area (Å²) in [5, 5.41) is 0. The van der Waals surface area contributed by atoms with E-state index < -0.39 is 0 Å². The van der Waals surface area contributed by atoms with E-state index >= 15 is 0 Å². The van der Waals surface area contributed by atoms with Gasteiger partial charge in [0.25, 0.3) is 0 Å². The minimum absolute atomic E-state index is 0.755. The molecule has 0 aromatic heterocycles. The fourth-order valence-corrected chi connectivity index (χ4v) is 2.86. The number of nitrogens with zero attached hydrogens (tertiary/aromatic N) is 1. The lowest BCUT2D eigenvalue weighted by atomic mass is 10.1. The van der Waals surface area contributed by atoms with Gasteiger partial charge in [-0.15, -0.1) is 0 Å². The van der Waals surface area contributed by atoms with E-state index in [-0.39, 0.29) is 0 Å². The SMILES string of the molecule is Brc1cccc(CN2CCOc3ccccc3C2)c1. The van der Waals surface area contributed by atoms with Crippen LogP contribution in [0.5, 0.6) is 5.75 Å².